The highest BCUT2D eigenvalue weighted by molar-refractivity contribution is 5.93. The normalized spacial score (nSPS) is 10.9. The molecule has 0 saturated heterocycles. The molecule has 0 spiro atoms. The zero-order valence-electron chi connectivity index (χ0n) is 15.6. The minimum absolute atomic E-state index is 0.0768. The molecule has 3 aromatic rings. The fourth-order valence-electron chi connectivity index (χ4n) is 3.46. The molecule has 0 saturated carbocycles. The molecule has 1 heterocycles. The van der Waals surface area contributed by atoms with Crippen LogP contribution in [-0.4, -0.2) is 17.1 Å². The van der Waals surface area contributed by atoms with Gasteiger partial charge in [-0.05, 0) is 61.9 Å². The number of fused-ring (bicyclic) bond motifs is 1. The van der Waals surface area contributed by atoms with Gasteiger partial charge >= 0.3 is 5.97 Å². The van der Waals surface area contributed by atoms with Crippen LogP contribution in [0.15, 0.2) is 47.3 Å². The number of esters is 1. The van der Waals surface area contributed by atoms with E-state index >= 15 is 0 Å². The molecule has 1 aromatic heterocycles. The van der Waals surface area contributed by atoms with E-state index in [1.54, 1.807) is 17.6 Å². The summed E-state index contributed by atoms with van der Waals surface area (Å²) in [5, 5.41) is 0.845. The second kappa shape index (κ2) is 7.16. The van der Waals surface area contributed by atoms with Gasteiger partial charge in [0, 0.05) is 0 Å². The number of para-hydroxylation sites is 1. The first-order chi connectivity index (χ1) is 12.4. The first-order valence-corrected chi connectivity index (χ1v) is 8.78. The monoisotopic (exact) mass is 349 g/mol. The first-order valence-electron chi connectivity index (χ1n) is 8.78. The largest absolute Gasteiger partial charge is 0.462 e. The second-order valence-electron chi connectivity index (χ2n) is 6.61. The van der Waals surface area contributed by atoms with Gasteiger partial charge in [-0.25, -0.2) is 4.79 Å². The molecule has 0 aliphatic rings. The molecule has 26 heavy (non-hydrogen) atoms. The van der Waals surface area contributed by atoms with Gasteiger partial charge in [-0.2, -0.15) is 0 Å². The molecule has 4 heteroatoms. The Morgan fingerprint density at radius 2 is 1.69 bits per heavy atom. The molecule has 0 fully saturated rings. The third kappa shape index (κ3) is 3.27. The van der Waals surface area contributed by atoms with E-state index in [1.807, 2.05) is 24.3 Å². The molecule has 0 N–H and O–H groups in total. The summed E-state index contributed by atoms with van der Waals surface area (Å²) in [4.78, 5) is 25.3. The van der Waals surface area contributed by atoms with Crippen LogP contribution in [-0.2, 0) is 11.3 Å². The molecule has 4 nitrogen and oxygen atoms in total. The smallest absolute Gasteiger partial charge is 0.343 e. The van der Waals surface area contributed by atoms with E-state index in [9.17, 15) is 9.59 Å². The summed E-state index contributed by atoms with van der Waals surface area (Å²) in [6.07, 6.45) is 0. The van der Waals surface area contributed by atoms with Gasteiger partial charge < -0.3 is 9.30 Å². The Bertz CT molecular complexity index is 1020. The Balaban J connectivity index is 2.23. The topological polar surface area (TPSA) is 48.3 Å². The fourth-order valence-corrected chi connectivity index (χ4v) is 3.46. The van der Waals surface area contributed by atoms with Crippen LogP contribution in [0.5, 0.6) is 0 Å². The average molecular weight is 349 g/mol. The molecule has 0 aliphatic carbocycles. The molecular weight excluding hydrogens is 326 g/mol. The molecule has 0 unspecified atom stereocenters. The number of nitrogens with zero attached hydrogens (tertiary/aromatic N) is 1. The number of aromatic nitrogens is 1. The summed E-state index contributed by atoms with van der Waals surface area (Å²) in [7, 11) is 0. The number of hydrogen-bond donors (Lipinski definition) is 0. The highest BCUT2D eigenvalue weighted by Crippen LogP contribution is 2.20. The summed E-state index contributed by atoms with van der Waals surface area (Å²) < 4.78 is 6.75. The van der Waals surface area contributed by atoms with Crippen molar-refractivity contribution in [1.29, 1.82) is 0 Å². The van der Waals surface area contributed by atoms with E-state index in [4.69, 9.17) is 4.74 Å². The number of benzene rings is 2. The van der Waals surface area contributed by atoms with Gasteiger partial charge in [0.1, 0.15) is 5.56 Å². The van der Waals surface area contributed by atoms with E-state index in [0.29, 0.717) is 6.54 Å². The summed E-state index contributed by atoms with van der Waals surface area (Å²) in [5.74, 6) is -0.575. The van der Waals surface area contributed by atoms with Crippen molar-refractivity contribution in [3.8, 4) is 0 Å². The Morgan fingerprint density at radius 1 is 1.04 bits per heavy atom. The number of ether oxygens (including phenoxy) is 1. The number of carbonyl (C=O) groups excluding carboxylic acids is 1. The lowest BCUT2D eigenvalue weighted by Crippen LogP contribution is -2.28. The van der Waals surface area contributed by atoms with Crippen LogP contribution in [0.25, 0.3) is 10.9 Å². The summed E-state index contributed by atoms with van der Waals surface area (Å²) >= 11 is 0. The number of hydrogen-bond acceptors (Lipinski definition) is 3. The molecular formula is C22H23NO3. The Morgan fingerprint density at radius 3 is 2.35 bits per heavy atom. The van der Waals surface area contributed by atoms with Crippen LogP contribution in [0.3, 0.4) is 0 Å². The zero-order valence-corrected chi connectivity index (χ0v) is 15.6. The molecule has 0 radical (unpaired) electrons. The molecule has 0 amide bonds. The van der Waals surface area contributed by atoms with E-state index < -0.39 is 5.97 Å². The first kappa shape index (κ1) is 17.9. The van der Waals surface area contributed by atoms with Gasteiger partial charge in [-0.1, -0.05) is 35.9 Å². The third-order valence-electron chi connectivity index (χ3n) is 4.65. The lowest BCUT2D eigenvalue weighted by molar-refractivity contribution is 0.0524. The van der Waals surface area contributed by atoms with Crippen LogP contribution < -0.4 is 5.56 Å². The average Bonchev–Trinajstić information content (AvgIpc) is 2.59. The van der Waals surface area contributed by atoms with Gasteiger partial charge in [-0.3, -0.25) is 4.79 Å². The van der Waals surface area contributed by atoms with Crippen molar-refractivity contribution < 1.29 is 9.53 Å². The van der Waals surface area contributed by atoms with Crippen molar-refractivity contribution in [3.05, 3.63) is 80.6 Å². The minimum atomic E-state index is -0.575. The summed E-state index contributed by atoms with van der Waals surface area (Å²) in [6.45, 7) is 8.56. The van der Waals surface area contributed by atoms with E-state index in [1.165, 1.54) is 5.56 Å². The maximum Gasteiger partial charge on any atom is 0.343 e. The van der Waals surface area contributed by atoms with Gasteiger partial charge in [-0.15, -0.1) is 0 Å². The molecule has 134 valence electrons. The van der Waals surface area contributed by atoms with E-state index in [-0.39, 0.29) is 17.7 Å². The maximum atomic E-state index is 13.1. The molecule has 0 aliphatic heterocycles. The van der Waals surface area contributed by atoms with Crippen molar-refractivity contribution >= 4 is 16.9 Å². The van der Waals surface area contributed by atoms with Crippen LogP contribution in [0.2, 0.25) is 0 Å². The lowest BCUT2D eigenvalue weighted by Gasteiger charge is -2.16. The summed E-state index contributed by atoms with van der Waals surface area (Å²) in [5.41, 5.74) is 5.14. The molecule has 2 aromatic carbocycles. The van der Waals surface area contributed by atoms with Gasteiger partial charge in [0.05, 0.1) is 18.7 Å². The van der Waals surface area contributed by atoms with Crippen molar-refractivity contribution in [2.75, 3.05) is 6.61 Å². The minimum Gasteiger partial charge on any atom is -0.462 e. The third-order valence-corrected chi connectivity index (χ3v) is 4.65. The highest BCUT2D eigenvalue weighted by atomic mass is 16.5. The number of rotatable bonds is 4. The van der Waals surface area contributed by atoms with Crippen LogP contribution in [0, 0.1) is 20.8 Å². The standard InChI is InChI=1S/C22H23NO3/c1-5-26-22(25)18-12-17-8-6-7-9-20(17)23(21(18)24)13-19-15(3)10-14(2)11-16(19)4/h6-12H,5,13H2,1-4H3. The molecule has 0 bridgehead atoms. The molecule has 3 rings (SSSR count). The SMILES string of the molecule is CCOC(=O)c1cc2ccccc2n(Cc2c(C)cc(C)cc2C)c1=O. The van der Waals surface area contributed by atoms with Gasteiger partial charge in [0.25, 0.3) is 5.56 Å². The van der Waals surface area contributed by atoms with Crippen molar-refractivity contribution in [3.63, 3.8) is 0 Å². The Hall–Kier alpha value is -2.88. The molecule has 0 atom stereocenters. The van der Waals surface area contributed by atoms with Gasteiger partial charge in [0.2, 0.25) is 0 Å². The van der Waals surface area contributed by atoms with Crippen LogP contribution in [0.1, 0.15) is 39.5 Å². The quantitative estimate of drug-likeness (QED) is 0.665. The van der Waals surface area contributed by atoms with Crippen molar-refractivity contribution in [2.24, 2.45) is 0 Å². The van der Waals surface area contributed by atoms with Gasteiger partial charge in [0.15, 0.2) is 0 Å². The maximum absolute atomic E-state index is 13.1. The fraction of sp³-hybridized carbons (Fsp3) is 0.273. The van der Waals surface area contributed by atoms with Crippen LogP contribution in [0.4, 0.5) is 0 Å². The highest BCUT2D eigenvalue weighted by Gasteiger charge is 2.17. The predicted molar refractivity (Wildman–Crippen MR) is 104 cm³/mol. The van der Waals surface area contributed by atoms with Crippen LogP contribution >= 0.6 is 0 Å². The predicted octanol–water partition coefficient (Wildman–Crippen LogP) is 4.15. The Kier molecular flexibility index (Phi) is 4.94. The van der Waals surface area contributed by atoms with E-state index in [0.717, 1.165) is 27.6 Å². The van der Waals surface area contributed by atoms with Crippen molar-refractivity contribution in [1.82, 2.24) is 4.57 Å². The second-order valence-corrected chi connectivity index (χ2v) is 6.61. The zero-order chi connectivity index (χ0) is 18.8. The van der Waals surface area contributed by atoms with E-state index in [2.05, 4.69) is 32.9 Å². The van der Waals surface area contributed by atoms with Crippen molar-refractivity contribution in [2.45, 2.75) is 34.2 Å². The number of carbonyl (C=O) groups is 1. The lowest BCUT2D eigenvalue weighted by atomic mass is 9.99. The Labute approximate surface area is 153 Å². The number of aryl methyl sites for hydroxylation is 3. The number of pyridine rings is 1. The summed E-state index contributed by atoms with van der Waals surface area (Å²) in [6, 6.07) is 13.5.